The average Bonchev–Trinajstić information content (AvgIpc) is 3.35. The number of esters is 1. The van der Waals surface area contributed by atoms with E-state index < -0.39 is 63.1 Å². The maximum Gasteiger partial charge on any atom is 0.472 e. The van der Waals surface area contributed by atoms with Gasteiger partial charge in [-0.1, -0.05) is 217 Å². The number of carbonyl (C=O) groups is 1. The van der Waals surface area contributed by atoms with Crippen LogP contribution >= 0.6 is 7.82 Å². The highest BCUT2D eigenvalue weighted by Crippen LogP contribution is 2.47. The molecule has 1 aliphatic rings. The van der Waals surface area contributed by atoms with Crippen LogP contribution in [0.25, 0.3) is 0 Å². The van der Waals surface area contributed by atoms with Gasteiger partial charge in [0.25, 0.3) is 0 Å². The molecule has 70 heavy (non-hydrogen) atoms. The summed E-state index contributed by atoms with van der Waals surface area (Å²) in [5.41, 5.74) is 0. The van der Waals surface area contributed by atoms with Gasteiger partial charge in [0.2, 0.25) is 0 Å². The third kappa shape index (κ3) is 38.2. The van der Waals surface area contributed by atoms with E-state index in [4.69, 9.17) is 18.5 Å². The van der Waals surface area contributed by atoms with Crippen molar-refractivity contribution < 1.29 is 58.3 Å². The molecule has 12 nitrogen and oxygen atoms in total. The lowest BCUT2D eigenvalue weighted by Gasteiger charge is -2.41. The number of allylic oxidation sites excluding steroid dienone is 6. The van der Waals surface area contributed by atoms with E-state index in [-0.39, 0.29) is 13.0 Å². The summed E-state index contributed by atoms with van der Waals surface area (Å²) in [5, 5.41) is 50.4. The van der Waals surface area contributed by atoms with Crippen LogP contribution in [0.15, 0.2) is 36.5 Å². The highest BCUT2D eigenvalue weighted by Gasteiger charge is 2.51. The molecule has 0 aromatic heterocycles. The van der Waals surface area contributed by atoms with Crippen molar-refractivity contribution in [1.82, 2.24) is 0 Å². The summed E-state index contributed by atoms with van der Waals surface area (Å²) >= 11 is 0. The molecule has 0 saturated heterocycles. The van der Waals surface area contributed by atoms with E-state index in [2.05, 4.69) is 50.3 Å². The van der Waals surface area contributed by atoms with Crippen LogP contribution in [0.3, 0.4) is 0 Å². The number of phosphoric acid groups is 1. The van der Waals surface area contributed by atoms with Crippen LogP contribution in [0.4, 0.5) is 0 Å². The van der Waals surface area contributed by atoms with Crippen LogP contribution < -0.4 is 0 Å². The number of phosphoric ester groups is 1. The largest absolute Gasteiger partial charge is 0.472 e. The Labute approximate surface area is 427 Å². The fourth-order valence-corrected chi connectivity index (χ4v) is 9.89. The monoisotopic (exact) mass is 1010 g/mol. The fraction of sp³-hybridized carbons (Fsp3) is 0.877. The SMILES string of the molecule is CCCCCCC/C=C\C/C=C\CCCCCCCCCCCC(=O)OC(COCCCCCCCCCCCC/C=C\CCCCCCCCCC)COP(=O)(O)OC1C(O)C(O)C(O)C(O)C1O. The first-order valence-corrected chi connectivity index (χ1v) is 30.3. The summed E-state index contributed by atoms with van der Waals surface area (Å²) in [5.74, 6) is -0.478. The Hall–Kier alpha value is -1.44. The molecule has 6 atom stereocenters. The molecule has 0 spiro atoms. The van der Waals surface area contributed by atoms with E-state index in [0.29, 0.717) is 13.0 Å². The molecular weight excluding hydrogens is 908 g/mol. The van der Waals surface area contributed by atoms with Crippen molar-refractivity contribution in [2.24, 2.45) is 0 Å². The Balaban J connectivity index is 2.29. The maximum absolute atomic E-state index is 12.9. The number of hydrogen-bond donors (Lipinski definition) is 6. The molecule has 0 aromatic rings. The van der Waals surface area contributed by atoms with Crippen LogP contribution in [0.2, 0.25) is 0 Å². The molecule has 6 N–H and O–H groups in total. The quantitative estimate of drug-likeness (QED) is 0.0146. The van der Waals surface area contributed by atoms with Crippen LogP contribution in [-0.2, 0) is 27.9 Å². The molecule has 0 amide bonds. The van der Waals surface area contributed by atoms with Crippen molar-refractivity contribution in [2.45, 2.75) is 301 Å². The number of unbranched alkanes of at least 4 members (excludes halogenated alkanes) is 32. The van der Waals surface area contributed by atoms with Crippen LogP contribution in [0, 0.1) is 0 Å². The van der Waals surface area contributed by atoms with Crippen LogP contribution in [0.5, 0.6) is 0 Å². The van der Waals surface area contributed by atoms with Gasteiger partial charge in [0, 0.05) is 13.0 Å². The zero-order chi connectivity index (χ0) is 51.2. The molecule has 0 bridgehead atoms. The van der Waals surface area contributed by atoms with Crippen LogP contribution in [0.1, 0.15) is 258 Å². The van der Waals surface area contributed by atoms with E-state index >= 15 is 0 Å². The molecule has 1 fully saturated rings. The lowest BCUT2D eigenvalue weighted by atomic mass is 9.85. The minimum absolute atomic E-state index is 0.0774. The Bertz CT molecular complexity index is 1300. The Morgan fingerprint density at radius 1 is 0.457 bits per heavy atom. The minimum Gasteiger partial charge on any atom is -0.457 e. The van der Waals surface area contributed by atoms with Gasteiger partial charge in [-0.2, -0.15) is 0 Å². The van der Waals surface area contributed by atoms with E-state index in [0.717, 1.165) is 51.4 Å². The number of rotatable bonds is 50. The minimum atomic E-state index is -5.03. The van der Waals surface area contributed by atoms with Crippen molar-refractivity contribution in [3.8, 4) is 0 Å². The summed E-state index contributed by atoms with van der Waals surface area (Å²) < 4.78 is 34.4. The highest BCUT2D eigenvalue weighted by atomic mass is 31.2. The molecule has 1 saturated carbocycles. The van der Waals surface area contributed by atoms with E-state index in [9.17, 15) is 39.8 Å². The van der Waals surface area contributed by atoms with Crippen molar-refractivity contribution in [3.05, 3.63) is 36.5 Å². The summed E-state index contributed by atoms with van der Waals surface area (Å²) in [6.07, 6.45) is 46.4. The Morgan fingerprint density at radius 3 is 1.21 bits per heavy atom. The lowest BCUT2D eigenvalue weighted by molar-refractivity contribution is -0.220. The van der Waals surface area contributed by atoms with Gasteiger partial charge in [0.05, 0.1) is 13.2 Å². The van der Waals surface area contributed by atoms with Gasteiger partial charge in [-0.25, -0.2) is 4.57 Å². The van der Waals surface area contributed by atoms with Gasteiger partial charge in [-0.05, 0) is 70.6 Å². The predicted octanol–water partition coefficient (Wildman–Crippen LogP) is 13.8. The molecule has 1 aliphatic carbocycles. The predicted molar refractivity (Wildman–Crippen MR) is 286 cm³/mol. The molecule has 6 unspecified atom stereocenters. The van der Waals surface area contributed by atoms with Crippen LogP contribution in [-0.4, -0.2) is 98.9 Å². The van der Waals surface area contributed by atoms with Crippen molar-refractivity contribution in [2.75, 3.05) is 19.8 Å². The van der Waals surface area contributed by atoms with Gasteiger partial charge in [-0.15, -0.1) is 0 Å². The highest BCUT2D eigenvalue weighted by molar-refractivity contribution is 7.47. The number of aliphatic hydroxyl groups is 5. The second-order valence-corrected chi connectivity index (χ2v) is 21.5. The first-order valence-electron chi connectivity index (χ1n) is 28.8. The van der Waals surface area contributed by atoms with E-state index in [1.165, 1.54) is 180 Å². The molecule has 0 aromatic carbocycles. The zero-order valence-electron chi connectivity index (χ0n) is 44.6. The second-order valence-electron chi connectivity index (χ2n) is 20.1. The van der Waals surface area contributed by atoms with Gasteiger partial charge in [0.15, 0.2) is 0 Å². The third-order valence-corrected chi connectivity index (χ3v) is 14.5. The summed E-state index contributed by atoms with van der Waals surface area (Å²) in [6, 6.07) is 0. The normalized spacial score (nSPS) is 21.1. The molecule has 13 heteroatoms. The standard InChI is InChI=1S/C57H107O12P/c1-3-5-7-9-11-13-15-17-19-21-23-25-27-29-31-33-35-37-39-41-43-45-47-66-48-50(49-67-70(64,65)69-57-55(62)53(60)52(59)54(61)56(57)63)68-51(58)46-44-42-40-38-36-34-32-30-28-26-24-22-20-18-16-14-12-10-8-6-4-2/h16,18,21-24,50,52-57,59-63H,3-15,17,19-20,25-49H2,1-2H3,(H,64,65)/b18-16-,23-21-,24-22-. The van der Waals surface area contributed by atoms with E-state index in [1.54, 1.807) is 0 Å². The number of carbonyl (C=O) groups excluding carboxylic acids is 1. The van der Waals surface area contributed by atoms with Gasteiger partial charge in [0.1, 0.15) is 42.7 Å². The molecule has 0 heterocycles. The maximum atomic E-state index is 12.9. The first kappa shape index (κ1) is 66.6. The lowest BCUT2D eigenvalue weighted by Crippen LogP contribution is -2.64. The molecular formula is C57H107O12P. The third-order valence-electron chi connectivity index (χ3n) is 13.5. The average molecular weight is 1020 g/mol. The van der Waals surface area contributed by atoms with Crippen molar-refractivity contribution in [1.29, 1.82) is 0 Å². The topological polar surface area (TPSA) is 192 Å². The van der Waals surface area contributed by atoms with Gasteiger partial charge in [-0.3, -0.25) is 13.8 Å². The summed E-state index contributed by atoms with van der Waals surface area (Å²) in [7, 11) is -5.03. The molecule has 0 aliphatic heterocycles. The van der Waals surface area contributed by atoms with Crippen molar-refractivity contribution >= 4 is 13.8 Å². The van der Waals surface area contributed by atoms with Gasteiger partial charge < -0.3 is 39.9 Å². The Morgan fingerprint density at radius 2 is 0.800 bits per heavy atom. The second kappa shape index (κ2) is 47.3. The number of ether oxygens (including phenoxy) is 2. The molecule has 1 rings (SSSR count). The van der Waals surface area contributed by atoms with Crippen molar-refractivity contribution in [3.63, 3.8) is 0 Å². The summed E-state index contributed by atoms with van der Waals surface area (Å²) in [6.45, 7) is 4.29. The zero-order valence-corrected chi connectivity index (χ0v) is 45.5. The molecule has 412 valence electrons. The smallest absolute Gasteiger partial charge is 0.457 e. The van der Waals surface area contributed by atoms with Gasteiger partial charge >= 0.3 is 13.8 Å². The first-order chi connectivity index (χ1) is 34.0. The Kier molecular flexibility index (Phi) is 45.0. The fourth-order valence-electron chi connectivity index (χ4n) is 8.91. The van der Waals surface area contributed by atoms with E-state index in [1.807, 2.05) is 0 Å². The summed E-state index contributed by atoms with van der Waals surface area (Å²) in [4.78, 5) is 23.3. The number of hydrogen-bond acceptors (Lipinski definition) is 11. The molecule has 0 radical (unpaired) electrons. The number of aliphatic hydroxyl groups excluding tert-OH is 5.